The summed E-state index contributed by atoms with van der Waals surface area (Å²) in [5, 5.41) is 12.7. The van der Waals surface area contributed by atoms with Crippen LogP contribution in [0.1, 0.15) is 33.1 Å². The molecule has 4 nitrogen and oxygen atoms in total. The third-order valence-corrected chi connectivity index (χ3v) is 2.62. The van der Waals surface area contributed by atoms with Crippen LogP contribution in [-0.2, 0) is 9.53 Å². The van der Waals surface area contributed by atoms with E-state index >= 15 is 0 Å². The molecule has 0 amide bonds. The first kappa shape index (κ1) is 12.5. The molecule has 15 heavy (non-hydrogen) atoms. The zero-order chi connectivity index (χ0) is 11.3. The van der Waals surface area contributed by atoms with Gasteiger partial charge in [0.25, 0.3) is 0 Å². The molecule has 1 saturated carbocycles. The summed E-state index contributed by atoms with van der Waals surface area (Å²) in [6, 6.07) is 0.0671. The van der Waals surface area contributed by atoms with E-state index in [1.165, 1.54) is 0 Å². The van der Waals surface area contributed by atoms with Crippen LogP contribution in [0.15, 0.2) is 0 Å². The van der Waals surface area contributed by atoms with E-state index in [2.05, 4.69) is 5.32 Å². The van der Waals surface area contributed by atoms with Crippen molar-refractivity contribution in [2.24, 2.45) is 5.92 Å². The SMILES string of the molecule is CCOC(=O)CC(C)NCC(O)C1CC1. The van der Waals surface area contributed by atoms with Crippen LogP contribution in [0.4, 0.5) is 0 Å². The maximum absolute atomic E-state index is 11.1. The Balaban J connectivity index is 2.06. The van der Waals surface area contributed by atoms with Crippen LogP contribution in [0.25, 0.3) is 0 Å². The summed E-state index contributed by atoms with van der Waals surface area (Å²) >= 11 is 0. The zero-order valence-corrected chi connectivity index (χ0v) is 9.53. The third-order valence-electron chi connectivity index (χ3n) is 2.62. The third kappa shape index (κ3) is 5.14. The number of hydrogen-bond donors (Lipinski definition) is 2. The first-order chi connectivity index (χ1) is 7.13. The Hall–Kier alpha value is -0.610. The standard InChI is InChI=1S/C11H21NO3/c1-3-15-11(14)6-8(2)12-7-10(13)9-4-5-9/h8-10,12-13H,3-7H2,1-2H3. The largest absolute Gasteiger partial charge is 0.466 e. The van der Waals surface area contributed by atoms with E-state index in [0.717, 1.165) is 12.8 Å². The maximum Gasteiger partial charge on any atom is 0.307 e. The summed E-state index contributed by atoms with van der Waals surface area (Å²) in [5.41, 5.74) is 0. The first-order valence-electron chi connectivity index (χ1n) is 5.70. The number of nitrogens with one attached hydrogen (secondary N) is 1. The van der Waals surface area contributed by atoms with Crippen molar-refractivity contribution in [2.75, 3.05) is 13.2 Å². The molecule has 0 aliphatic heterocycles. The predicted molar refractivity (Wildman–Crippen MR) is 57.4 cm³/mol. The minimum absolute atomic E-state index is 0.0671. The zero-order valence-electron chi connectivity index (χ0n) is 9.53. The summed E-state index contributed by atoms with van der Waals surface area (Å²) in [7, 11) is 0. The number of aliphatic hydroxyl groups excluding tert-OH is 1. The Morgan fingerprint density at radius 2 is 2.27 bits per heavy atom. The van der Waals surface area contributed by atoms with Crippen molar-refractivity contribution in [3.05, 3.63) is 0 Å². The van der Waals surface area contributed by atoms with Crippen LogP contribution in [0.5, 0.6) is 0 Å². The minimum Gasteiger partial charge on any atom is -0.466 e. The van der Waals surface area contributed by atoms with E-state index in [9.17, 15) is 9.90 Å². The molecule has 1 fully saturated rings. The normalized spacial score (nSPS) is 19.7. The van der Waals surface area contributed by atoms with Gasteiger partial charge in [0.1, 0.15) is 0 Å². The molecule has 0 radical (unpaired) electrons. The second-order valence-electron chi connectivity index (χ2n) is 4.22. The van der Waals surface area contributed by atoms with Gasteiger partial charge in [0.05, 0.1) is 19.1 Å². The maximum atomic E-state index is 11.1. The highest BCUT2D eigenvalue weighted by Crippen LogP contribution is 2.32. The van der Waals surface area contributed by atoms with Gasteiger partial charge in [-0.2, -0.15) is 0 Å². The Morgan fingerprint density at radius 1 is 1.60 bits per heavy atom. The van der Waals surface area contributed by atoms with Crippen LogP contribution in [0, 0.1) is 5.92 Å². The van der Waals surface area contributed by atoms with Crippen molar-refractivity contribution in [1.29, 1.82) is 0 Å². The van der Waals surface area contributed by atoms with Crippen LogP contribution in [0.3, 0.4) is 0 Å². The van der Waals surface area contributed by atoms with Crippen molar-refractivity contribution in [2.45, 2.75) is 45.3 Å². The van der Waals surface area contributed by atoms with Crippen molar-refractivity contribution in [3.63, 3.8) is 0 Å². The van der Waals surface area contributed by atoms with Crippen molar-refractivity contribution in [1.82, 2.24) is 5.32 Å². The summed E-state index contributed by atoms with van der Waals surface area (Å²) < 4.78 is 4.84. The molecular weight excluding hydrogens is 194 g/mol. The molecular formula is C11H21NO3. The van der Waals surface area contributed by atoms with E-state index in [0.29, 0.717) is 25.5 Å². The molecule has 2 unspecified atom stereocenters. The molecule has 1 aliphatic carbocycles. The molecule has 0 saturated heterocycles. The lowest BCUT2D eigenvalue weighted by Crippen LogP contribution is -2.36. The Labute approximate surface area is 91.0 Å². The molecule has 88 valence electrons. The van der Waals surface area contributed by atoms with Gasteiger partial charge in [-0.25, -0.2) is 0 Å². The second-order valence-corrected chi connectivity index (χ2v) is 4.22. The Morgan fingerprint density at radius 3 is 2.80 bits per heavy atom. The smallest absolute Gasteiger partial charge is 0.307 e. The number of hydrogen-bond acceptors (Lipinski definition) is 4. The molecule has 0 aromatic heterocycles. The highest BCUT2D eigenvalue weighted by atomic mass is 16.5. The van der Waals surface area contributed by atoms with Gasteiger partial charge >= 0.3 is 5.97 Å². The lowest BCUT2D eigenvalue weighted by molar-refractivity contribution is -0.143. The van der Waals surface area contributed by atoms with E-state index in [4.69, 9.17) is 4.74 Å². The van der Waals surface area contributed by atoms with Gasteiger partial charge in [-0.1, -0.05) is 0 Å². The molecule has 0 aromatic carbocycles. The first-order valence-corrected chi connectivity index (χ1v) is 5.70. The summed E-state index contributed by atoms with van der Waals surface area (Å²) in [6.45, 7) is 4.73. The van der Waals surface area contributed by atoms with Crippen LogP contribution in [0.2, 0.25) is 0 Å². The van der Waals surface area contributed by atoms with Gasteiger partial charge in [0, 0.05) is 12.6 Å². The van der Waals surface area contributed by atoms with E-state index in [1.807, 2.05) is 6.92 Å². The summed E-state index contributed by atoms with van der Waals surface area (Å²) in [6.07, 6.45) is 2.38. The molecule has 0 heterocycles. The molecule has 0 bridgehead atoms. The molecule has 4 heteroatoms. The van der Waals surface area contributed by atoms with Crippen LogP contribution >= 0.6 is 0 Å². The van der Waals surface area contributed by atoms with Crippen molar-refractivity contribution < 1.29 is 14.6 Å². The number of carbonyl (C=O) groups is 1. The monoisotopic (exact) mass is 215 g/mol. The fourth-order valence-corrected chi connectivity index (χ4v) is 1.51. The van der Waals surface area contributed by atoms with Crippen molar-refractivity contribution in [3.8, 4) is 0 Å². The number of esters is 1. The molecule has 2 atom stereocenters. The topological polar surface area (TPSA) is 58.6 Å². The highest BCUT2D eigenvalue weighted by Gasteiger charge is 2.29. The van der Waals surface area contributed by atoms with E-state index in [1.54, 1.807) is 6.92 Å². The molecule has 1 aliphatic rings. The number of ether oxygens (including phenoxy) is 1. The van der Waals surface area contributed by atoms with E-state index in [-0.39, 0.29) is 18.1 Å². The molecule has 0 aromatic rings. The average Bonchev–Trinajstić information content (AvgIpc) is 2.97. The Kier molecular flexibility index (Phi) is 5.05. The fraction of sp³-hybridized carbons (Fsp3) is 0.909. The van der Waals surface area contributed by atoms with Crippen molar-refractivity contribution >= 4 is 5.97 Å². The van der Waals surface area contributed by atoms with E-state index < -0.39 is 0 Å². The second kappa shape index (κ2) is 6.08. The Bertz CT molecular complexity index is 204. The molecule has 2 N–H and O–H groups in total. The number of carbonyl (C=O) groups excluding carboxylic acids is 1. The summed E-state index contributed by atoms with van der Waals surface area (Å²) in [5.74, 6) is 0.297. The summed E-state index contributed by atoms with van der Waals surface area (Å²) in [4.78, 5) is 11.1. The van der Waals surface area contributed by atoms with Crippen LogP contribution < -0.4 is 5.32 Å². The highest BCUT2D eigenvalue weighted by molar-refractivity contribution is 5.69. The van der Waals surface area contributed by atoms with Gasteiger partial charge < -0.3 is 15.2 Å². The fourth-order valence-electron chi connectivity index (χ4n) is 1.51. The molecule has 0 spiro atoms. The average molecular weight is 215 g/mol. The minimum atomic E-state index is -0.255. The van der Waals surface area contributed by atoms with Gasteiger partial charge in [0.15, 0.2) is 0 Å². The number of aliphatic hydroxyl groups is 1. The van der Waals surface area contributed by atoms with Crippen LogP contribution in [-0.4, -0.2) is 36.4 Å². The van der Waals surface area contributed by atoms with Gasteiger partial charge in [-0.3, -0.25) is 4.79 Å². The lowest BCUT2D eigenvalue weighted by atomic mass is 10.2. The van der Waals surface area contributed by atoms with Gasteiger partial charge in [-0.05, 0) is 32.6 Å². The molecule has 1 rings (SSSR count). The predicted octanol–water partition coefficient (Wildman–Crippen LogP) is 0.689. The van der Waals surface area contributed by atoms with Gasteiger partial charge in [-0.15, -0.1) is 0 Å². The lowest BCUT2D eigenvalue weighted by Gasteiger charge is -2.16. The van der Waals surface area contributed by atoms with Gasteiger partial charge in [0.2, 0.25) is 0 Å². The quantitative estimate of drug-likeness (QED) is 0.613. The number of rotatable bonds is 7.